The SMILES string of the molecule is COC(=O)CC[C@@H](C)C[C@H](C)C[C@H](C)C(C)O. The first kappa shape index (κ1) is 16.4. The van der Waals surface area contributed by atoms with Gasteiger partial charge >= 0.3 is 5.97 Å². The van der Waals surface area contributed by atoms with Crippen LogP contribution in [0.1, 0.15) is 53.4 Å². The second-order valence-electron chi connectivity index (χ2n) is 5.51. The van der Waals surface area contributed by atoms with Gasteiger partial charge in [0.15, 0.2) is 0 Å². The van der Waals surface area contributed by atoms with Gasteiger partial charge in [-0.25, -0.2) is 0 Å². The summed E-state index contributed by atoms with van der Waals surface area (Å²) in [4.78, 5) is 11.0. The summed E-state index contributed by atoms with van der Waals surface area (Å²) in [7, 11) is 1.43. The van der Waals surface area contributed by atoms with Gasteiger partial charge in [0.1, 0.15) is 0 Å². The Hall–Kier alpha value is -0.570. The van der Waals surface area contributed by atoms with E-state index in [2.05, 4.69) is 25.5 Å². The third kappa shape index (κ3) is 8.19. The zero-order valence-electron chi connectivity index (χ0n) is 11.9. The van der Waals surface area contributed by atoms with Crippen LogP contribution in [0.2, 0.25) is 0 Å². The summed E-state index contributed by atoms with van der Waals surface area (Å²) >= 11 is 0. The van der Waals surface area contributed by atoms with E-state index in [-0.39, 0.29) is 12.1 Å². The van der Waals surface area contributed by atoms with Crippen LogP contribution in [-0.4, -0.2) is 24.3 Å². The van der Waals surface area contributed by atoms with Crippen LogP contribution in [-0.2, 0) is 9.53 Å². The van der Waals surface area contributed by atoms with Crippen molar-refractivity contribution >= 4 is 5.97 Å². The van der Waals surface area contributed by atoms with E-state index in [1.807, 2.05) is 6.92 Å². The summed E-state index contributed by atoms with van der Waals surface area (Å²) in [5, 5.41) is 9.45. The van der Waals surface area contributed by atoms with Crippen LogP contribution in [0.25, 0.3) is 0 Å². The molecule has 0 saturated heterocycles. The highest BCUT2D eigenvalue weighted by Gasteiger charge is 2.16. The largest absolute Gasteiger partial charge is 0.469 e. The number of ether oxygens (including phenoxy) is 1. The smallest absolute Gasteiger partial charge is 0.305 e. The molecule has 17 heavy (non-hydrogen) atoms. The molecule has 0 fully saturated rings. The number of esters is 1. The molecule has 4 atom stereocenters. The molecule has 0 bridgehead atoms. The van der Waals surface area contributed by atoms with E-state index in [1.165, 1.54) is 7.11 Å². The average molecular weight is 244 g/mol. The quantitative estimate of drug-likeness (QED) is 0.668. The Morgan fingerprint density at radius 3 is 2.18 bits per heavy atom. The maximum Gasteiger partial charge on any atom is 0.305 e. The maximum absolute atomic E-state index is 11.0. The number of hydrogen-bond acceptors (Lipinski definition) is 3. The molecule has 1 N–H and O–H groups in total. The van der Waals surface area contributed by atoms with E-state index in [9.17, 15) is 9.90 Å². The van der Waals surface area contributed by atoms with Gasteiger partial charge in [-0.05, 0) is 43.9 Å². The molecule has 0 aliphatic rings. The van der Waals surface area contributed by atoms with Crippen LogP contribution < -0.4 is 0 Å². The predicted molar refractivity (Wildman–Crippen MR) is 69.7 cm³/mol. The molecule has 3 nitrogen and oxygen atoms in total. The third-order valence-corrected chi connectivity index (χ3v) is 3.47. The first-order valence-corrected chi connectivity index (χ1v) is 6.61. The summed E-state index contributed by atoms with van der Waals surface area (Å²) in [5.41, 5.74) is 0. The van der Waals surface area contributed by atoms with E-state index in [0.717, 1.165) is 19.3 Å². The van der Waals surface area contributed by atoms with Gasteiger partial charge in [0.25, 0.3) is 0 Å². The molecule has 0 rings (SSSR count). The van der Waals surface area contributed by atoms with Gasteiger partial charge in [0.2, 0.25) is 0 Å². The van der Waals surface area contributed by atoms with Crippen molar-refractivity contribution in [2.24, 2.45) is 17.8 Å². The Morgan fingerprint density at radius 2 is 1.71 bits per heavy atom. The zero-order chi connectivity index (χ0) is 13.4. The molecule has 0 aliphatic heterocycles. The molecule has 1 unspecified atom stereocenters. The highest BCUT2D eigenvalue weighted by Crippen LogP contribution is 2.23. The number of carbonyl (C=O) groups excluding carboxylic acids is 1. The Kier molecular flexibility index (Phi) is 8.23. The van der Waals surface area contributed by atoms with Crippen LogP contribution in [0.3, 0.4) is 0 Å². The predicted octanol–water partition coefficient (Wildman–Crippen LogP) is 3.01. The van der Waals surface area contributed by atoms with E-state index < -0.39 is 0 Å². The molecule has 0 heterocycles. The highest BCUT2D eigenvalue weighted by molar-refractivity contribution is 5.69. The van der Waals surface area contributed by atoms with Gasteiger partial charge in [-0.15, -0.1) is 0 Å². The van der Waals surface area contributed by atoms with Gasteiger partial charge in [-0.1, -0.05) is 20.8 Å². The van der Waals surface area contributed by atoms with Crippen molar-refractivity contribution < 1.29 is 14.6 Å². The van der Waals surface area contributed by atoms with E-state index in [1.54, 1.807) is 0 Å². The van der Waals surface area contributed by atoms with E-state index in [4.69, 9.17) is 0 Å². The fourth-order valence-electron chi connectivity index (χ4n) is 2.20. The first-order chi connectivity index (χ1) is 7.86. The molecule has 0 aromatic heterocycles. The Labute approximate surface area is 106 Å². The molecule has 102 valence electrons. The average Bonchev–Trinajstić information content (AvgIpc) is 2.25. The van der Waals surface area contributed by atoms with Gasteiger partial charge in [0, 0.05) is 6.42 Å². The molecule has 0 aromatic rings. The zero-order valence-corrected chi connectivity index (χ0v) is 11.9. The Morgan fingerprint density at radius 1 is 1.12 bits per heavy atom. The second kappa shape index (κ2) is 8.51. The minimum Gasteiger partial charge on any atom is -0.469 e. The molecule has 3 heteroatoms. The Balaban J connectivity index is 3.79. The van der Waals surface area contributed by atoms with E-state index >= 15 is 0 Å². The molecule has 0 amide bonds. The first-order valence-electron chi connectivity index (χ1n) is 6.61. The summed E-state index contributed by atoms with van der Waals surface area (Å²) in [6.07, 6.45) is 3.31. The van der Waals surface area contributed by atoms with Gasteiger partial charge in [0.05, 0.1) is 13.2 Å². The summed E-state index contributed by atoms with van der Waals surface area (Å²) in [6, 6.07) is 0. The number of methoxy groups -OCH3 is 1. The molecular formula is C14H28O3. The standard InChI is InChI=1S/C14H28O3/c1-10(6-7-14(16)17-5)8-11(2)9-12(3)13(4)15/h10-13,15H,6-9H2,1-5H3/t10-,11+,12+,13?/m1/s1. The molecule has 0 spiro atoms. The van der Waals surface area contributed by atoms with E-state index in [0.29, 0.717) is 24.2 Å². The monoisotopic (exact) mass is 244 g/mol. The topological polar surface area (TPSA) is 46.5 Å². The van der Waals surface area contributed by atoms with Gasteiger partial charge in [-0.3, -0.25) is 4.79 Å². The van der Waals surface area contributed by atoms with Crippen molar-refractivity contribution in [1.29, 1.82) is 0 Å². The number of aliphatic hydroxyl groups is 1. The Bertz CT molecular complexity index is 214. The fraction of sp³-hybridized carbons (Fsp3) is 0.929. The summed E-state index contributed by atoms with van der Waals surface area (Å²) in [6.45, 7) is 8.32. The van der Waals surface area contributed by atoms with Crippen molar-refractivity contribution in [3.63, 3.8) is 0 Å². The lowest BCUT2D eigenvalue weighted by atomic mass is 9.86. The molecule has 0 aromatic carbocycles. The molecular weight excluding hydrogens is 216 g/mol. The lowest BCUT2D eigenvalue weighted by molar-refractivity contribution is -0.140. The normalized spacial score (nSPS) is 18.2. The number of hydrogen-bond donors (Lipinski definition) is 1. The van der Waals surface area contributed by atoms with Crippen LogP contribution >= 0.6 is 0 Å². The van der Waals surface area contributed by atoms with Crippen molar-refractivity contribution in [1.82, 2.24) is 0 Å². The highest BCUT2D eigenvalue weighted by atomic mass is 16.5. The van der Waals surface area contributed by atoms with Crippen molar-refractivity contribution in [3.05, 3.63) is 0 Å². The number of rotatable bonds is 8. The second-order valence-corrected chi connectivity index (χ2v) is 5.51. The number of carbonyl (C=O) groups is 1. The third-order valence-electron chi connectivity index (χ3n) is 3.47. The van der Waals surface area contributed by atoms with Gasteiger partial charge < -0.3 is 9.84 Å². The maximum atomic E-state index is 11.0. The summed E-state index contributed by atoms with van der Waals surface area (Å²) in [5.74, 6) is 1.34. The fourth-order valence-corrected chi connectivity index (χ4v) is 2.20. The molecule has 0 radical (unpaired) electrons. The molecule has 0 saturated carbocycles. The van der Waals surface area contributed by atoms with Crippen LogP contribution in [0.5, 0.6) is 0 Å². The minimum absolute atomic E-state index is 0.123. The summed E-state index contributed by atoms with van der Waals surface area (Å²) < 4.78 is 4.63. The van der Waals surface area contributed by atoms with Crippen LogP contribution in [0.15, 0.2) is 0 Å². The van der Waals surface area contributed by atoms with Crippen LogP contribution in [0, 0.1) is 17.8 Å². The lowest BCUT2D eigenvalue weighted by Gasteiger charge is -2.22. The van der Waals surface area contributed by atoms with Crippen molar-refractivity contribution in [3.8, 4) is 0 Å². The van der Waals surface area contributed by atoms with Crippen molar-refractivity contribution in [2.45, 2.75) is 59.5 Å². The number of aliphatic hydroxyl groups excluding tert-OH is 1. The van der Waals surface area contributed by atoms with Crippen LogP contribution in [0.4, 0.5) is 0 Å². The van der Waals surface area contributed by atoms with Crippen molar-refractivity contribution in [2.75, 3.05) is 7.11 Å². The van der Waals surface area contributed by atoms with Gasteiger partial charge in [-0.2, -0.15) is 0 Å². The molecule has 0 aliphatic carbocycles. The minimum atomic E-state index is -0.233. The lowest BCUT2D eigenvalue weighted by Crippen LogP contribution is -2.17.